The van der Waals surface area contributed by atoms with E-state index in [0.717, 1.165) is 6.04 Å². The second-order valence-corrected chi connectivity index (χ2v) is 3.69. The Bertz CT molecular complexity index is 114. The number of likely N-dealkylation sites (tertiary alicyclic amines) is 1. The van der Waals surface area contributed by atoms with Gasteiger partial charge in [0.05, 0.1) is 0 Å². The zero-order valence-corrected chi connectivity index (χ0v) is 8.47. The van der Waals surface area contributed by atoms with Crippen molar-refractivity contribution in [3.8, 4) is 0 Å². The minimum Gasteiger partial charge on any atom is -0.313 e. The molecular weight excluding hydrogens is 148 g/mol. The van der Waals surface area contributed by atoms with Crippen LogP contribution in [0.4, 0.5) is 0 Å². The van der Waals surface area contributed by atoms with E-state index in [1.54, 1.807) is 0 Å². The highest BCUT2D eigenvalue weighted by molar-refractivity contribution is 4.76. The van der Waals surface area contributed by atoms with Gasteiger partial charge in [-0.2, -0.15) is 0 Å². The highest BCUT2D eigenvalue weighted by Gasteiger charge is 2.16. The molecule has 2 heteroatoms. The summed E-state index contributed by atoms with van der Waals surface area (Å²) in [5, 5.41) is 3.59. The van der Waals surface area contributed by atoms with Crippen molar-refractivity contribution in [1.29, 1.82) is 0 Å². The van der Waals surface area contributed by atoms with Crippen LogP contribution in [0.25, 0.3) is 0 Å². The first-order chi connectivity index (χ1) is 5.86. The lowest BCUT2D eigenvalue weighted by Crippen LogP contribution is -2.45. The molecule has 1 N–H and O–H groups in total. The molecule has 1 unspecified atom stereocenters. The maximum atomic E-state index is 3.59. The van der Waals surface area contributed by atoms with E-state index < -0.39 is 0 Å². The second kappa shape index (κ2) is 5.55. The van der Waals surface area contributed by atoms with Gasteiger partial charge in [0.25, 0.3) is 0 Å². The van der Waals surface area contributed by atoms with Gasteiger partial charge in [-0.25, -0.2) is 0 Å². The van der Waals surface area contributed by atoms with Crippen molar-refractivity contribution in [3.63, 3.8) is 0 Å². The number of piperidine rings is 1. The normalized spacial score (nSPS) is 26.0. The molecule has 12 heavy (non-hydrogen) atoms. The van der Waals surface area contributed by atoms with Gasteiger partial charge in [-0.3, -0.25) is 0 Å². The molecule has 1 fully saturated rings. The number of hydrogen-bond donors (Lipinski definition) is 1. The summed E-state index contributed by atoms with van der Waals surface area (Å²) in [5.41, 5.74) is 0. The number of nitrogens with one attached hydrogen (secondary N) is 1. The summed E-state index contributed by atoms with van der Waals surface area (Å²) < 4.78 is 0. The molecule has 72 valence electrons. The zero-order valence-electron chi connectivity index (χ0n) is 8.47. The fraction of sp³-hybridized carbons (Fsp3) is 1.00. The van der Waals surface area contributed by atoms with Crippen LogP contribution in [0, 0.1) is 0 Å². The quantitative estimate of drug-likeness (QED) is 0.687. The summed E-state index contributed by atoms with van der Waals surface area (Å²) in [6, 6.07) is 0.763. The SMILES string of the molecule is CCCNC1CCCN(CC)C1. The first kappa shape index (κ1) is 10.0. The molecule has 0 aromatic heterocycles. The Morgan fingerprint density at radius 3 is 2.92 bits per heavy atom. The van der Waals surface area contributed by atoms with Gasteiger partial charge in [-0.15, -0.1) is 0 Å². The van der Waals surface area contributed by atoms with Crippen LogP contribution in [0.1, 0.15) is 33.1 Å². The molecule has 0 bridgehead atoms. The Hall–Kier alpha value is -0.0800. The molecular formula is C10H22N2. The van der Waals surface area contributed by atoms with Crippen molar-refractivity contribution in [2.45, 2.75) is 39.2 Å². The van der Waals surface area contributed by atoms with E-state index in [4.69, 9.17) is 0 Å². The summed E-state index contributed by atoms with van der Waals surface area (Å²) in [6.45, 7) is 9.44. The van der Waals surface area contributed by atoms with Crippen LogP contribution in [0.15, 0.2) is 0 Å². The maximum Gasteiger partial charge on any atom is 0.0195 e. The third kappa shape index (κ3) is 3.11. The lowest BCUT2D eigenvalue weighted by molar-refractivity contribution is 0.199. The average Bonchev–Trinajstić information content (AvgIpc) is 2.15. The van der Waals surface area contributed by atoms with Crippen LogP contribution in [0.5, 0.6) is 0 Å². The van der Waals surface area contributed by atoms with Crippen LogP contribution in [-0.2, 0) is 0 Å². The first-order valence-corrected chi connectivity index (χ1v) is 5.32. The van der Waals surface area contributed by atoms with Gasteiger partial charge in [-0.05, 0) is 38.9 Å². The highest BCUT2D eigenvalue weighted by atomic mass is 15.2. The Kier molecular flexibility index (Phi) is 4.62. The van der Waals surface area contributed by atoms with E-state index >= 15 is 0 Å². The molecule has 0 aliphatic carbocycles. The average molecular weight is 170 g/mol. The molecule has 0 spiro atoms. The van der Waals surface area contributed by atoms with Crippen LogP contribution < -0.4 is 5.32 Å². The predicted octanol–water partition coefficient (Wildman–Crippen LogP) is 1.47. The van der Waals surface area contributed by atoms with Gasteiger partial charge < -0.3 is 10.2 Å². The van der Waals surface area contributed by atoms with Gasteiger partial charge in [0.15, 0.2) is 0 Å². The molecule has 1 atom stereocenters. The van der Waals surface area contributed by atoms with E-state index in [0.29, 0.717) is 0 Å². The molecule has 0 amide bonds. The van der Waals surface area contributed by atoms with E-state index in [9.17, 15) is 0 Å². The smallest absolute Gasteiger partial charge is 0.0195 e. The number of hydrogen-bond acceptors (Lipinski definition) is 2. The van der Waals surface area contributed by atoms with E-state index in [-0.39, 0.29) is 0 Å². The van der Waals surface area contributed by atoms with Crippen LogP contribution in [0.2, 0.25) is 0 Å². The van der Waals surface area contributed by atoms with Crippen LogP contribution in [-0.4, -0.2) is 37.1 Å². The fourth-order valence-electron chi connectivity index (χ4n) is 1.86. The van der Waals surface area contributed by atoms with Crippen molar-refractivity contribution < 1.29 is 0 Å². The lowest BCUT2D eigenvalue weighted by atomic mass is 10.1. The maximum absolute atomic E-state index is 3.59. The molecule has 0 radical (unpaired) electrons. The minimum atomic E-state index is 0.763. The second-order valence-electron chi connectivity index (χ2n) is 3.69. The summed E-state index contributed by atoms with van der Waals surface area (Å²) >= 11 is 0. The summed E-state index contributed by atoms with van der Waals surface area (Å²) in [5.74, 6) is 0. The molecule has 1 aliphatic heterocycles. The third-order valence-electron chi connectivity index (χ3n) is 2.64. The van der Waals surface area contributed by atoms with Gasteiger partial charge in [-0.1, -0.05) is 13.8 Å². The van der Waals surface area contributed by atoms with Crippen LogP contribution >= 0.6 is 0 Å². The molecule has 1 saturated heterocycles. The predicted molar refractivity (Wildman–Crippen MR) is 53.4 cm³/mol. The lowest BCUT2D eigenvalue weighted by Gasteiger charge is -2.32. The number of rotatable bonds is 4. The molecule has 0 aromatic carbocycles. The summed E-state index contributed by atoms with van der Waals surface area (Å²) in [4.78, 5) is 2.54. The van der Waals surface area contributed by atoms with Crippen molar-refractivity contribution in [3.05, 3.63) is 0 Å². The van der Waals surface area contributed by atoms with E-state index in [1.807, 2.05) is 0 Å². The Labute approximate surface area is 76.3 Å². The molecule has 1 rings (SSSR count). The Morgan fingerprint density at radius 2 is 2.25 bits per heavy atom. The third-order valence-corrected chi connectivity index (χ3v) is 2.64. The van der Waals surface area contributed by atoms with Gasteiger partial charge in [0.1, 0.15) is 0 Å². The Balaban J connectivity index is 2.16. The van der Waals surface area contributed by atoms with Crippen LogP contribution in [0.3, 0.4) is 0 Å². The number of likely N-dealkylation sites (N-methyl/N-ethyl adjacent to an activating group) is 1. The standard InChI is InChI=1S/C10H22N2/c1-3-7-11-10-6-5-8-12(4-2)9-10/h10-11H,3-9H2,1-2H3. The number of nitrogens with zero attached hydrogens (tertiary/aromatic N) is 1. The van der Waals surface area contributed by atoms with Gasteiger partial charge >= 0.3 is 0 Å². The molecule has 1 aliphatic rings. The van der Waals surface area contributed by atoms with Gasteiger partial charge in [0.2, 0.25) is 0 Å². The highest BCUT2D eigenvalue weighted by Crippen LogP contribution is 2.08. The monoisotopic (exact) mass is 170 g/mol. The first-order valence-electron chi connectivity index (χ1n) is 5.32. The van der Waals surface area contributed by atoms with Crippen molar-refractivity contribution in [2.75, 3.05) is 26.2 Å². The van der Waals surface area contributed by atoms with Crippen molar-refractivity contribution >= 4 is 0 Å². The summed E-state index contributed by atoms with van der Waals surface area (Å²) in [6.07, 6.45) is 3.99. The van der Waals surface area contributed by atoms with E-state index in [2.05, 4.69) is 24.1 Å². The fourth-order valence-corrected chi connectivity index (χ4v) is 1.86. The molecule has 0 saturated carbocycles. The van der Waals surface area contributed by atoms with E-state index in [1.165, 1.54) is 45.4 Å². The molecule has 1 heterocycles. The van der Waals surface area contributed by atoms with Gasteiger partial charge in [0, 0.05) is 12.6 Å². The topological polar surface area (TPSA) is 15.3 Å². The largest absolute Gasteiger partial charge is 0.313 e. The Morgan fingerprint density at radius 1 is 1.42 bits per heavy atom. The molecule has 0 aromatic rings. The van der Waals surface area contributed by atoms with Crippen molar-refractivity contribution in [1.82, 2.24) is 10.2 Å². The molecule has 2 nitrogen and oxygen atoms in total. The minimum absolute atomic E-state index is 0.763. The zero-order chi connectivity index (χ0) is 8.81. The van der Waals surface area contributed by atoms with Crippen molar-refractivity contribution in [2.24, 2.45) is 0 Å². The summed E-state index contributed by atoms with van der Waals surface area (Å²) in [7, 11) is 0.